The zero-order valence-electron chi connectivity index (χ0n) is 15.6. The molecule has 3 aromatic rings. The maximum absolute atomic E-state index is 12.8. The fourth-order valence-corrected chi connectivity index (χ4v) is 2.74. The van der Waals surface area contributed by atoms with Crippen LogP contribution in [0.2, 0.25) is 0 Å². The molecule has 0 radical (unpaired) electrons. The van der Waals surface area contributed by atoms with Crippen molar-refractivity contribution in [3.8, 4) is 5.69 Å². The Morgan fingerprint density at radius 2 is 1.59 bits per heavy atom. The number of hydrogen-bond acceptors (Lipinski definition) is 3. The number of hydrogen-bond donors (Lipinski definition) is 2. The van der Waals surface area contributed by atoms with Gasteiger partial charge >= 0.3 is 0 Å². The van der Waals surface area contributed by atoms with Gasteiger partial charge in [-0.15, -0.1) is 0 Å². The Morgan fingerprint density at radius 1 is 0.926 bits per heavy atom. The lowest BCUT2D eigenvalue weighted by Crippen LogP contribution is -2.31. The maximum atomic E-state index is 12.8. The summed E-state index contributed by atoms with van der Waals surface area (Å²) in [5.41, 5.74) is 2.47. The van der Waals surface area contributed by atoms with Gasteiger partial charge < -0.3 is 10.6 Å². The fraction of sp³-hybridized carbons (Fsp3) is 0.190. The van der Waals surface area contributed by atoms with Crippen LogP contribution in [0, 0.1) is 6.92 Å². The van der Waals surface area contributed by atoms with Gasteiger partial charge in [0, 0.05) is 11.6 Å². The molecule has 0 unspecified atom stereocenters. The highest BCUT2D eigenvalue weighted by Gasteiger charge is 2.22. The van der Waals surface area contributed by atoms with E-state index < -0.39 is 0 Å². The highest BCUT2D eigenvalue weighted by molar-refractivity contribution is 6.09. The molecule has 3 rings (SSSR count). The minimum atomic E-state index is -0.288. The summed E-state index contributed by atoms with van der Waals surface area (Å²) in [6.07, 6.45) is 1.47. The summed E-state index contributed by atoms with van der Waals surface area (Å²) in [6.45, 7) is 5.63. The van der Waals surface area contributed by atoms with Gasteiger partial charge in [0.05, 0.1) is 11.9 Å². The van der Waals surface area contributed by atoms with Crippen molar-refractivity contribution < 1.29 is 9.59 Å². The molecular formula is C21H22N4O2. The van der Waals surface area contributed by atoms with Crippen molar-refractivity contribution in [2.45, 2.75) is 26.8 Å². The third kappa shape index (κ3) is 4.06. The molecule has 0 aliphatic rings. The molecule has 2 N–H and O–H groups in total. The highest BCUT2D eigenvalue weighted by atomic mass is 16.2. The zero-order valence-corrected chi connectivity index (χ0v) is 15.6. The van der Waals surface area contributed by atoms with Crippen molar-refractivity contribution in [3.05, 3.63) is 77.5 Å². The lowest BCUT2D eigenvalue weighted by atomic mass is 10.1. The molecule has 1 aromatic heterocycles. The molecule has 6 nitrogen and oxygen atoms in total. The van der Waals surface area contributed by atoms with Crippen LogP contribution < -0.4 is 10.6 Å². The molecule has 27 heavy (non-hydrogen) atoms. The van der Waals surface area contributed by atoms with E-state index in [4.69, 9.17) is 0 Å². The van der Waals surface area contributed by atoms with E-state index in [1.165, 1.54) is 6.20 Å². The lowest BCUT2D eigenvalue weighted by molar-refractivity contribution is 0.0944. The van der Waals surface area contributed by atoms with Gasteiger partial charge in [-0.3, -0.25) is 9.59 Å². The third-order valence-electron chi connectivity index (χ3n) is 4.06. The number of carbonyl (C=O) groups excluding carboxylic acids is 2. The molecule has 0 aliphatic heterocycles. The van der Waals surface area contributed by atoms with Gasteiger partial charge in [0.15, 0.2) is 0 Å². The van der Waals surface area contributed by atoms with Gasteiger partial charge in [-0.1, -0.05) is 36.4 Å². The Kier molecular flexibility index (Phi) is 5.35. The van der Waals surface area contributed by atoms with Crippen LogP contribution in [0.1, 0.15) is 40.1 Å². The Labute approximate surface area is 158 Å². The topological polar surface area (TPSA) is 76.0 Å². The van der Waals surface area contributed by atoms with Gasteiger partial charge in [-0.25, -0.2) is 4.68 Å². The van der Waals surface area contributed by atoms with Crippen LogP contribution in [0.15, 0.2) is 60.8 Å². The third-order valence-corrected chi connectivity index (χ3v) is 4.06. The second-order valence-electron chi connectivity index (χ2n) is 6.55. The predicted octanol–water partition coefficient (Wildman–Crippen LogP) is 3.57. The zero-order chi connectivity index (χ0) is 19.4. The number of rotatable bonds is 5. The average molecular weight is 362 g/mol. The Morgan fingerprint density at radius 3 is 2.26 bits per heavy atom. The first kappa shape index (κ1) is 18.4. The minimum absolute atomic E-state index is 0.0301. The van der Waals surface area contributed by atoms with Crippen LogP contribution in [0.25, 0.3) is 5.69 Å². The summed E-state index contributed by atoms with van der Waals surface area (Å²) in [7, 11) is 0. The van der Waals surface area contributed by atoms with E-state index >= 15 is 0 Å². The Hall–Kier alpha value is -3.41. The van der Waals surface area contributed by atoms with E-state index in [1.807, 2.05) is 69.3 Å². The molecule has 0 bridgehead atoms. The maximum Gasteiger partial charge on any atom is 0.257 e. The average Bonchev–Trinajstić information content (AvgIpc) is 3.06. The number of aryl methyl sites for hydroxylation is 1. The van der Waals surface area contributed by atoms with Crippen molar-refractivity contribution in [1.29, 1.82) is 0 Å². The standard InChI is InChI=1S/C21H22N4O2/c1-14(2)23-21(27)18-13-22-25(16-10-5-4-6-11-16)19(18)24-20(26)17-12-8-7-9-15(17)3/h4-14H,1-3H3,(H,23,27)(H,24,26). The molecule has 6 heteroatoms. The number of nitrogens with one attached hydrogen (secondary N) is 2. The normalized spacial score (nSPS) is 10.7. The van der Waals surface area contributed by atoms with Crippen molar-refractivity contribution in [2.24, 2.45) is 0 Å². The summed E-state index contributed by atoms with van der Waals surface area (Å²) in [5, 5.41) is 10.0. The van der Waals surface area contributed by atoms with E-state index in [1.54, 1.807) is 10.7 Å². The van der Waals surface area contributed by atoms with Gasteiger partial charge in [0.1, 0.15) is 11.4 Å². The molecule has 1 heterocycles. The van der Waals surface area contributed by atoms with Gasteiger partial charge in [0.2, 0.25) is 0 Å². The van der Waals surface area contributed by atoms with Crippen molar-refractivity contribution in [1.82, 2.24) is 15.1 Å². The van der Waals surface area contributed by atoms with E-state index in [9.17, 15) is 9.59 Å². The highest BCUT2D eigenvalue weighted by Crippen LogP contribution is 2.22. The Balaban J connectivity index is 2.02. The second-order valence-corrected chi connectivity index (χ2v) is 6.55. The number of benzene rings is 2. The summed E-state index contributed by atoms with van der Waals surface area (Å²) < 4.78 is 1.56. The Bertz CT molecular complexity index is 961. The summed E-state index contributed by atoms with van der Waals surface area (Å²) in [6, 6.07) is 16.6. The smallest absolute Gasteiger partial charge is 0.257 e. The number of nitrogens with zero attached hydrogens (tertiary/aromatic N) is 2. The predicted molar refractivity (Wildman–Crippen MR) is 105 cm³/mol. The summed E-state index contributed by atoms with van der Waals surface area (Å²) in [4.78, 5) is 25.4. The molecule has 0 fully saturated rings. The summed E-state index contributed by atoms with van der Waals surface area (Å²) in [5.74, 6) is -0.232. The number of para-hydroxylation sites is 1. The van der Waals surface area contributed by atoms with Crippen molar-refractivity contribution in [2.75, 3.05) is 5.32 Å². The number of amides is 2. The van der Waals surface area contributed by atoms with Gasteiger partial charge in [0.25, 0.3) is 11.8 Å². The second kappa shape index (κ2) is 7.86. The largest absolute Gasteiger partial charge is 0.350 e. The van der Waals surface area contributed by atoms with Crippen LogP contribution in [-0.4, -0.2) is 27.6 Å². The molecule has 138 valence electrons. The molecule has 0 spiro atoms. The van der Waals surface area contributed by atoms with Crippen LogP contribution in [-0.2, 0) is 0 Å². The van der Waals surface area contributed by atoms with Crippen LogP contribution in [0.4, 0.5) is 5.82 Å². The fourth-order valence-electron chi connectivity index (χ4n) is 2.74. The molecule has 2 amide bonds. The lowest BCUT2D eigenvalue weighted by Gasteiger charge is -2.13. The molecule has 2 aromatic carbocycles. The minimum Gasteiger partial charge on any atom is -0.350 e. The SMILES string of the molecule is Cc1ccccc1C(=O)Nc1c(C(=O)NC(C)C)cnn1-c1ccccc1. The molecule has 0 atom stereocenters. The van der Waals surface area contributed by atoms with Crippen LogP contribution in [0.3, 0.4) is 0 Å². The van der Waals surface area contributed by atoms with Crippen LogP contribution >= 0.6 is 0 Å². The molecule has 0 saturated carbocycles. The van der Waals surface area contributed by atoms with E-state index in [2.05, 4.69) is 15.7 Å². The van der Waals surface area contributed by atoms with E-state index in [-0.39, 0.29) is 17.9 Å². The first-order valence-corrected chi connectivity index (χ1v) is 8.78. The van der Waals surface area contributed by atoms with Crippen LogP contribution in [0.5, 0.6) is 0 Å². The van der Waals surface area contributed by atoms with Crippen molar-refractivity contribution in [3.63, 3.8) is 0 Å². The van der Waals surface area contributed by atoms with E-state index in [0.717, 1.165) is 11.3 Å². The number of carbonyl (C=O) groups is 2. The molecule has 0 aliphatic carbocycles. The molecule has 0 saturated heterocycles. The van der Waals surface area contributed by atoms with E-state index in [0.29, 0.717) is 16.9 Å². The van der Waals surface area contributed by atoms with Gasteiger partial charge in [-0.2, -0.15) is 5.10 Å². The number of anilines is 1. The monoisotopic (exact) mass is 362 g/mol. The van der Waals surface area contributed by atoms with Gasteiger partial charge in [-0.05, 0) is 44.5 Å². The van der Waals surface area contributed by atoms with Crippen molar-refractivity contribution >= 4 is 17.6 Å². The first-order valence-electron chi connectivity index (χ1n) is 8.78. The summed E-state index contributed by atoms with van der Waals surface area (Å²) >= 11 is 0. The number of aromatic nitrogens is 2. The first-order chi connectivity index (χ1) is 13.0. The molecular weight excluding hydrogens is 340 g/mol. The quantitative estimate of drug-likeness (QED) is 0.728.